The third-order valence-corrected chi connectivity index (χ3v) is 5.12. The van der Waals surface area contributed by atoms with Gasteiger partial charge in [-0.05, 0) is 30.1 Å². The number of rotatable bonds is 1. The molecule has 4 heteroatoms. The Morgan fingerprint density at radius 2 is 2.14 bits per heavy atom. The van der Waals surface area contributed by atoms with Crippen molar-refractivity contribution in [1.29, 1.82) is 0 Å². The van der Waals surface area contributed by atoms with Crippen LogP contribution in [0.5, 0.6) is 0 Å². The molecule has 0 spiro atoms. The summed E-state index contributed by atoms with van der Waals surface area (Å²) in [7, 11) is 0.000139. The topological polar surface area (TPSA) is 18.5 Å². The summed E-state index contributed by atoms with van der Waals surface area (Å²) in [4.78, 5) is 0. The van der Waals surface area contributed by atoms with E-state index in [1.165, 1.54) is 12.8 Å². The monoisotopic (exact) mass is 258 g/mol. The molecule has 1 aliphatic heterocycles. The molecule has 4 fully saturated rings. The number of alkyl halides is 1. The van der Waals surface area contributed by atoms with Crippen molar-refractivity contribution in [2.75, 3.05) is 5.23 Å². The molecule has 0 radical (unpaired) electrons. The second-order valence-electron chi connectivity index (χ2n) is 5.46. The zero-order valence-electron chi connectivity index (χ0n) is 8.70. The van der Waals surface area contributed by atoms with Gasteiger partial charge in [-0.25, -0.2) is 0 Å². The van der Waals surface area contributed by atoms with E-state index in [1.54, 1.807) is 0 Å². The maximum absolute atomic E-state index is 5.93. The summed E-state index contributed by atoms with van der Waals surface area (Å²) in [6, 6.07) is 0. The second-order valence-corrected chi connectivity index (χ2v) is 6.10. The molecule has 0 aromatic carbocycles. The molecular weight excluding hydrogens is 243 g/mol. The summed E-state index contributed by atoms with van der Waals surface area (Å²) >= 11 is 3.42. The molecule has 0 aromatic rings. The first-order valence-electron chi connectivity index (χ1n) is 5.50. The van der Waals surface area contributed by atoms with Crippen LogP contribution < -0.4 is 0 Å². The maximum atomic E-state index is 5.93. The van der Waals surface area contributed by atoms with Gasteiger partial charge >= 0.3 is 7.12 Å². The van der Waals surface area contributed by atoms with E-state index in [0.29, 0.717) is 17.6 Å². The average Bonchev–Trinajstić information content (AvgIpc) is 2.59. The van der Waals surface area contributed by atoms with Crippen LogP contribution in [0.15, 0.2) is 0 Å². The van der Waals surface area contributed by atoms with Gasteiger partial charge < -0.3 is 9.31 Å². The SMILES string of the molecule is CC1(C)[C@@H]2CC3OB(CBr)OC3[C@H]1C2. The number of halogens is 1. The van der Waals surface area contributed by atoms with Crippen LogP contribution in [0.25, 0.3) is 0 Å². The highest BCUT2D eigenvalue weighted by atomic mass is 79.9. The van der Waals surface area contributed by atoms with Crippen molar-refractivity contribution < 1.29 is 9.31 Å². The quantitative estimate of drug-likeness (QED) is 0.531. The number of hydrogen-bond donors (Lipinski definition) is 0. The third kappa shape index (κ3) is 1.11. The first-order chi connectivity index (χ1) is 6.63. The minimum atomic E-state index is 0.000139. The predicted molar refractivity (Wildman–Crippen MR) is 59.3 cm³/mol. The fourth-order valence-corrected chi connectivity index (χ4v) is 3.78. The van der Waals surface area contributed by atoms with Gasteiger partial charge in [0.1, 0.15) is 0 Å². The van der Waals surface area contributed by atoms with Gasteiger partial charge in [-0.1, -0.05) is 29.8 Å². The number of hydrogen-bond acceptors (Lipinski definition) is 2. The molecule has 1 saturated heterocycles. The maximum Gasteiger partial charge on any atom is 0.468 e. The van der Waals surface area contributed by atoms with Gasteiger partial charge in [-0.3, -0.25) is 0 Å². The van der Waals surface area contributed by atoms with Crippen molar-refractivity contribution in [1.82, 2.24) is 0 Å². The fraction of sp³-hybridized carbons (Fsp3) is 1.00. The Morgan fingerprint density at radius 1 is 1.36 bits per heavy atom. The van der Waals surface area contributed by atoms with E-state index in [4.69, 9.17) is 9.31 Å². The van der Waals surface area contributed by atoms with Crippen LogP contribution >= 0.6 is 15.9 Å². The van der Waals surface area contributed by atoms with E-state index in [2.05, 4.69) is 29.8 Å². The molecule has 1 heterocycles. The molecule has 2 unspecified atom stereocenters. The van der Waals surface area contributed by atoms with E-state index < -0.39 is 0 Å². The van der Waals surface area contributed by atoms with E-state index in [9.17, 15) is 0 Å². The Morgan fingerprint density at radius 3 is 2.79 bits per heavy atom. The minimum Gasteiger partial charge on any atom is -0.405 e. The molecule has 3 saturated carbocycles. The molecule has 78 valence electrons. The largest absolute Gasteiger partial charge is 0.468 e. The fourth-order valence-electron chi connectivity index (χ4n) is 3.48. The van der Waals surface area contributed by atoms with E-state index in [1.807, 2.05) is 0 Å². The third-order valence-electron chi connectivity index (χ3n) is 4.59. The van der Waals surface area contributed by atoms with E-state index >= 15 is 0 Å². The summed E-state index contributed by atoms with van der Waals surface area (Å²) in [5.41, 5.74) is 0.492. The van der Waals surface area contributed by atoms with Crippen LogP contribution in [0, 0.1) is 17.3 Å². The van der Waals surface area contributed by atoms with Gasteiger partial charge in [0, 0.05) is 5.23 Å². The summed E-state index contributed by atoms with van der Waals surface area (Å²) in [6.45, 7) is 4.76. The van der Waals surface area contributed by atoms with Gasteiger partial charge in [0.25, 0.3) is 0 Å². The van der Waals surface area contributed by atoms with Crippen LogP contribution in [0.1, 0.15) is 26.7 Å². The summed E-state index contributed by atoms with van der Waals surface area (Å²) < 4.78 is 11.8. The van der Waals surface area contributed by atoms with Crippen LogP contribution in [0.2, 0.25) is 0 Å². The van der Waals surface area contributed by atoms with Crippen molar-refractivity contribution >= 4 is 23.0 Å². The highest BCUT2D eigenvalue weighted by molar-refractivity contribution is 9.09. The van der Waals surface area contributed by atoms with Crippen LogP contribution in [-0.2, 0) is 9.31 Å². The highest BCUT2D eigenvalue weighted by Gasteiger charge is 2.61. The van der Waals surface area contributed by atoms with Crippen molar-refractivity contribution in [2.24, 2.45) is 17.3 Å². The van der Waals surface area contributed by atoms with Gasteiger partial charge in [0.2, 0.25) is 0 Å². The lowest BCUT2D eigenvalue weighted by atomic mass is 9.47. The Balaban J connectivity index is 1.79. The van der Waals surface area contributed by atoms with Crippen molar-refractivity contribution in [3.8, 4) is 0 Å². The normalized spacial score (nSPS) is 48.6. The minimum absolute atomic E-state index is 0.000139. The zero-order chi connectivity index (χ0) is 9.92. The molecule has 2 bridgehead atoms. The standard InChI is InChI=1S/C10H16BBrO2/c1-10(2)6-3-7(10)9-8(4-6)13-11(5-12)14-9/h6-9H,3-5H2,1-2H3/t6-,7+,8?,9?/m0/s1. The lowest BCUT2D eigenvalue weighted by molar-refractivity contribution is -0.150. The van der Waals surface area contributed by atoms with Gasteiger partial charge in [-0.15, -0.1) is 0 Å². The Kier molecular flexibility index (Phi) is 2.06. The van der Waals surface area contributed by atoms with Crippen molar-refractivity contribution in [3.63, 3.8) is 0 Å². The summed E-state index contributed by atoms with van der Waals surface area (Å²) in [5, 5.41) is 0.803. The van der Waals surface area contributed by atoms with Crippen LogP contribution in [-0.4, -0.2) is 24.6 Å². The lowest BCUT2D eigenvalue weighted by Gasteiger charge is -2.60. The Hall–Kier alpha value is 0.465. The first-order valence-corrected chi connectivity index (χ1v) is 6.62. The van der Waals surface area contributed by atoms with E-state index in [-0.39, 0.29) is 7.12 Å². The zero-order valence-corrected chi connectivity index (χ0v) is 10.3. The predicted octanol–water partition coefficient (Wildman–Crippen LogP) is 2.26. The Labute approximate surface area is 94.0 Å². The molecule has 0 N–H and O–H groups in total. The van der Waals surface area contributed by atoms with Crippen LogP contribution in [0.4, 0.5) is 0 Å². The van der Waals surface area contributed by atoms with Gasteiger partial charge in [0.15, 0.2) is 0 Å². The highest BCUT2D eigenvalue weighted by Crippen LogP contribution is 2.61. The molecule has 4 aliphatic rings. The summed E-state index contributed by atoms with van der Waals surface area (Å²) in [6.07, 6.45) is 3.32. The smallest absolute Gasteiger partial charge is 0.405 e. The average molecular weight is 259 g/mol. The van der Waals surface area contributed by atoms with Crippen molar-refractivity contribution in [2.45, 2.75) is 38.9 Å². The molecule has 4 atom stereocenters. The van der Waals surface area contributed by atoms with E-state index in [0.717, 1.165) is 17.1 Å². The molecule has 3 aliphatic carbocycles. The second kappa shape index (κ2) is 2.99. The Bertz CT molecular complexity index is 259. The van der Waals surface area contributed by atoms with Gasteiger partial charge in [0.05, 0.1) is 12.2 Å². The molecule has 4 rings (SSSR count). The lowest BCUT2D eigenvalue weighted by Crippen LogP contribution is -2.59. The molecular formula is C10H16BBrO2. The van der Waals surface area contributed by atoms with Gasteiger partial charge in [-0.2, -0.15) is 0 Å². The van der Waals surface area contributed by atoms with Crippen molar-refractivity contribution in [3.05, 3.63) is 0 Å². The first kappa shape index (κ1) is 9.67. The molecule has 2 nitrogen and oxygen atoms in total. The molecule has 14 heavy (non-hydrogen) atoms. The molecule has 0 amide bonds. The molecule has 0 aromatic heterocycles. The van der Waals surface area contributed by atoms with Crippen LogP contribution in [0.3, 0.4) is 0 Å². The summed E-state index contributed by atoms with van der Waals surface area (Å²) in [5.74, 6) is 1.60.